The van der Waals surface area contributed by atoms with E-state index in [9.17, 15) is 9.90 Å². The largest absolute Gasteiger partial charge is 0.512 e. The van der Waals surface area contributed by atoms with Crippen molar-refractivity contribution in [3.05, 3.63) is 102 Å². The maximum absolute atomic E-state index is 12.2. The molecule has 54 heavy (non-hydrogen) atoms. The van der Waals surface area contributed by atoms with E-state index in [1.54, 1.807) is 6.26 Å². The van der Waals surface area contributed by atoms with Crippen LogP contribution in [0.15, 0.2) is 93.7 Å². The van der Waals surface area contributed by atoms with E-state index in [0.717, 1.165) is 87.7 Å². The molecule has 0 amide bonds. The normalized spacial score (nSPS) is 12.6. The number of fused-ring (bicyclic) bond motifs is 3. The topological polar surface area (TPSA) is 76.5 Å². The zero-order valence-electron chi connectivity index (χ0n) is 34.1. The van der Waals surface area contributed by atoms with E-state index in [1.807, 2.05) is 47.6 Å². The third-order valence-corrected chi connectivity index (χ3v) is 11.4. The first-order valence-electron chi connectivity index (χ1n) is 19.4. The van der Waals surface area contributed by atoms with Gasteiger partial charge in [-0.15, -0.1) is 29.1 Å². The predicted octanol–water partition coefficient (Wildman–Crippen LogP) is 14.0. The summed E-state index contributed by atoms with van der Waals surface area (Å²) in [5.41, 5.74) is 7.22. The minimum Gasteiger partial charge on any atom is -0.512 e. The molecule has 0 bridgehead atoms. The molecule has 0 atom stereocenters. The molecule has 3 aromatic heterocycles. The molecule has 0 fully saturated rings. The number of allylic oxidation sites excluding steroid dienone is 2. The first-order chi connectivity index (χ1) is 25.0. The fourth-order valence-electron chi connectivity index (χ4n) is 6.75. The second-order valence-corrected chi connectivity index (χ2v) is 16.6. The standard InChI is InChI=1S/C33H30NO2.C15H28O2.Ir/c1-20(2)14-25-17-24-16-22(10-11-31(24)36-25)27-19-30(34-29-12-13-35-32(27)29)23-15-21-8-6-7-9-26(21)28(18-23)33(3,4)5;1-7-14(5,8-2)12(16)11-13(17)15(6,9-3)10-4;/h6-13,16-20H,14H2,1-5H3;11,16H,7-10H2,1-6H3;/q-1;;/b;12-11-;. The van der Waals surface area contributed by atoms with Crippen LogP contribution >= 0.6 is 0 Å². The van der Waals surface area contributed by atoms with Gasteiger partial charge >= 0.3 is 0 Å². The second-order valence-electron chi connectivity index (χ2n) is 16.6. The molecule has 6 aromatic rings. The average molecular weight is 905 g/mol. The zero-order valence-corrected chi connectivity index (χ0v) is 36.5. The summed E-state index contributed by atoms with van der Waals surface area (Å²) in [7, 11) is 0. The van der Waals surface area contributed by atoms with Gasteiger partial charge in [0.2, 0.25) is 0 Å². The number of hydrogen-bond acceptors (Lipinski definition) is 5. The molecule has 1 radical (unpaired) electrons. The summed E-state index contributed by atoms with van der Waals surface area (Å²) in [6, 6.07) is 26.9. The molecule has 3 aromatic carbocycles. The Hall–Kier alpha value is -3.99. The summed E-state index contributed by atoms with van der Waals surface area (Å²) in [5, 5.41) is 13.6. The predicted molar refractivity (Wildman–Crippen MR) is 221 cm³/mol. The fourth-order valence-corrected chi connectivity index (χ4v) is 6.75. The minimum atomic E-state index is -0.337. The summed E-state index contributed by atoms with van der Waals surface area (Å²) in [6.07, 6.45) is 7.40. The van der Waals surface area contributed by atoms with Crippen molar-refractivity contribution in [1.29, 1.82) is 0 Å². The van der Waals surface area contributed by atoms with Gasteiger partial charge in [-0.05, 0) is 60.8 Å². The molecular formula is C48H58IrNO4-. The van der Waals surface area contributed by atoms with Crippen LogP contribution in [0, 0.1) is 22.8 Å². The quantitative estimate of drug-likeness (QED) is 0.0796. The third-order valence-electron chi connectivity index (χ3n) is 11.4. The number of nitrogens with zero attached hydrogens (tertiary/aromatic N) is 1. The molecular weight excluding hydrogens is 847 g/mol. The smallest absolute Gasteiger partial charge is 0.164 e. The van der Waals surface area contributed by atoms with E-state index in [4.69, 9.17) is 13.8 Å². The number of aliphatic hydroxyl groups excluding tert-OH is 1. The third kappa shape index (κ3) is 9.09. The molecule has 0 unspecified atom stereocenters. The first-order valence-corrected chi connectivity index (χ1v) is 19.4. The first kappa shape index (κ1) is 42.7. The molecule has 0 spiro atoms. The monoisotopic (exact) mass is 905 g/mol. The summed E-state index contributed by atoms with van der Waals surface area (Å²) in [5.74, 6) is 1.86. The van der Waals surface area contributed by atoms with Crippen molar-refractivity contribution in [2.24, 2.45) is 16.7 Å². The van der Waals surface area contributed by atoms with Crippen LogP contribution in [0.1, 0.15) is 113 Å². The number of aromatic nitrogens is 1. The van der Waals surface area contributed by atoms with Crippen molar-refractivity contribution in [3.63, 3.8) is 0 Å². The summed E-state index contributed by atoms with van der Waals surface area (Å²) >= 11 is 0. The van der Waals surface area contributed by atoms with Crippen LogP contribution in [-0.2, 0) is 36.7 Å². The number of hydrogen-bond donors (Lipinski definition) is 1. The average Bonchev–Trinajstić information content (AvgIpc) is 3.79. The fraction of sp³-hybridized carbons (Fsp3) is 0.417. The summed E-state index contributed by atoms with van der Waals surface area (Å²) < 4.78 is 12.0. The van der Waals surface area contributed by atoms with E-state index >= 15 is 0 Å². The molecule has 289 valence electrons. The van der Waals surface area contributed by atoms with Crippen LogP contribution < -0.4 is 0 Å². The van der Waals surface area contributed by atoms with Crippen molar-refractivity contribution in [2.45, 2.75) is 114 Å². The minimum absolute atomic E-state index is 0. The van der Waals surface area contributed by atoms with Gasteiger partial charge in [0.05, 0.1) is 6.26 Å². The van der Waals surface area contributed by atoms with Crippen LogP contribution in [0.5, 0.6) is 0 Å². The van der Waals surface area contributed by atoms with Crippen molar-refractivity contribution in [3.8, 4) is 22.4 Å². The number of aliphatic hydroxyl groups is 1. The Balaban J connectivity index is 0.000000309. The van der Waals surface area contributed by atoms with E-state index in [-0.39, 0.29) is 47.9 Å². The number of rotatable bonds is 11. The van der Waals surface area contributed by atoms with E-state index in [1.165, 1.54) is 17.0 Å². The van der Waals surface area contributed by atoms with Gasteiger partial charge < -0.3 is 13.9 Å². The van der Waals surface area contributed by atoms with Crippen molar-refractivity contribution >= 4 is 38.6 Å². The van der Waals surface area contributed by atoms with E-state index < -0.39 is 0 Å². The van der Waals surface area contributed by atoms with Crippen LogP contribution in [0.25, 0.3) is 55.2 Å². The number of carbonyl (C=O) groups excluding carboxylic acids is 1. The Bertz CT molecular complexity index is 2240. The maximum atomic E-state index is 12.2. The Labute approximate surface area is 336 Å². The van der Waals surface area contributed by atoms with Crippen molar-refractivity contribution in [1.82, 2.24) is 4.98 Å². The molecule has 6 rings (SSSR count). The number of benzene rings is 3. The Morgan fingerprint density at radius 1 is 0.870 bits per heavy atom. The van der Waals surface area contributed by atoms with Gasteiger partial charge in [-0.1, -0.05) is 117 Å². The van der Waals surface area contributed by atoms with Crippen LogP contribution in [-0.4, -0.2) is 15.9 Å². The molecule has 0 aliphatic heterocycles. The van der Waals surface area contributed by atoms with Gasteiger partial charge in [0.15, 0.2) is 11.4 Å². The Morgan fingerprint density at radius 3 is 2.17 bits per heavy atom. The number of pyridine rings is 1. The second kappa shape index (κ2) is 17.2. The Kier molecular flexibility index (Phi) is 13.6. The van der Waals surface area contributed by atoms with Gasteiger partial charge in [-0.3, -0.25) is 9.78 Å². The van der Waals surface area contributed by atoms with Gasteiger partial charge in [0, 0.05) is 66.1 Å². The van der Waals surface area contributed by atoms with Gasteiger partial charge in [0.1, 0.15) is 22.6 Å². The molecule has 1 N–H and O–H groups in total. The summed E-state index contributed by atoms with van der Waals surface area (Å²) in [4.78, 5) is 17.2. The maximum Gasteiger partial charge on any atom is 0.164 e. The molecule has 6 heteroatoms. The van der Waals surface area contributed by atoms with Crippen molar-refractivity contribution < 1.29 is 38.8 Å². The molecule has 5 nitrogen and oxygen atoms in total. The molecule has 0 aliphatic carbocycles. The molecule has 0 aliphatic rings. The number of carbonyl (C=O) groups is 1. The Morgan fingerprint density at radius 2 is 1.54 bits per heavy atom. The summed E-state index contributed by atoms with van der Waals surface area (Å²) in [6.45, 7) is 23.3. The van der Waals surface area contributed by atoms with Crippen LogP contribution in [0.4, 0.5) is 0 Å². The van der Waals surface area contributed by atoms with Gasteiger partial charge in [-0.2, -0.15) is 0 Å². The van der Waals surface area contributed by atoms with E-state index in [2.05, 4.69) is 101 Å². The number of furan rings is 2. The molecule has 3 heterocycles. The zero-order chi connectivity index (χ0) is 38.7. The molecule has 0 saturated carbocycles. The SMILES string of the molecule is CC(C)Cc1cc2cc(-c3cc(-c4[c-]c5ccccc5c(C(C)(C)C)c4)nc4ccoc34)ccc2o1.CCC(C)(CC)C(=O)/C=C(\O)C(C)(CC)CC.[Ir]. The van der Waals surface area contributed by atoms with Crippen LogP contribution in [0.2, 0.25) is 0 Å². The van der Waals surface area contributed by atoms with Crippen molar-refractivity contribution in [2.75, 3.05) is 0 Å². The molecule has 0 saturated heterocycles. The van der Waals surface area contributed by atoms with Gasteiger partial charge in [0.25, 0.3) is 0 Å². The number of ketones is 1. The van der Waals surface area contributed by atoms with Gasteiger partial charge in [-0.25, -0.2) is 0 Å². The van der Waals surface area contributed by atoms with E-state index in [0.29, 0.717) is 5.92 Å². The van der Waals surface area contributed by atoms with Crippen LogP contribution in [0.3, 0.4) is 0 Å².